The summed E-state index contributed by atoms with van der Waals surface area (Å²) in [5.74, 6) is 2.23. The number of hydrogen-bond donors (Lipinski definition) is 1. The van der Waals surface area contributed by atoms with E-state index < -0.39 is 0 Å². The van der Waals surface area contributed by atoms with Crippen molar-refractivity contribution in [1.82, 2.24) is 0 Å². The van der Waals surface area contributed by atoms with Gasteiger partial charge in [0, 0.05) is 4.47 Å². The predicted octanol–water partition coefficient (Wildman–Crippen LogP) is 5.28. The standard InChI is InChI=1S/C15H14Br3NO2/c1-20-14-7-12(18)15(8-11(14)17)21-13-6-10(16)3-2-9(13)4-5-19/h2-3,6-8H,4-5,19H2,1H3. The van der Waals surface area contributed by atoms with Crippen LogP contribution in [0.15, 0.2) is 43.7 Å². The molecule has 21 heavy (non-hydrogen) atoms. The molecule has 0 heterocycles. The highest BCUT2D eigenvalue weighted by Gasteiger charge is 2.11. The van der Waals surface area contributed by atoms with Gasteiger partial charge in [0.1, 0.15) is 17.2 Å². The third-order valence-electron chi connectivity index (χ3n) is 2.87. The van der Waals surface area contributed by atoms with Gasteiger partial charge >= 0.3 is 0 Å². The van der Waals surface area contributed by atoms with Gasteiger partial charge in [0.25, 0.3) is 0 Å². The van der Waals surface area contributed by atoms with Gasteiger partial charge < -0.3 is 15.2 Å². The van der Waals surface area contributed by atoms with E-state index in [0.717, 1.165) is 36.9 Å². The summed E-state index contributed by atoms with van der Waals surface area (Å²) in [6.07, 6.45) is 0.761. The number of benzene rings is 2. The highest BCUT2D eigenvalue weighted by molar-refractivity contribution is 9.11. The minimum absolute atomic E-state index is 0.575. The Balaban J connectivity index is 2.38. The van der Waals surface area contributed by atoms with E-state index in [1.165, 1.54) is 0 Å². The van der Waals surface area contributed by atoms with Crippen LogP contribution in [0, 0.1) is 0 Å². The van der Waals surface area contributed by atoms with Crippen LogP contribution in [0.2, 0.25) is 0 Å². The second kappa shape index (κ2) is 7.63. The maximum atomic E-state index is 6.04. The molecule has 0 fully saturated rings. The van der Waals surface area contributed by atoms with Crippen molar-refractivity contribution in [3.8, 4) is 17.2 Å². The van der Waals surface area contributed by atoms with Gasteiger partial charge in [-0.15, -0.1) is 0 Å². The molecule has 0 radical (unpaired) electrons. The number of methoxy groups -OCH3 is 1. The van der Waals surface area contributed by atoms with Gasteiger partial charge in [0.15, 0.2) is 0 Å². The van der Waals surface area contributed by atoms with E-state index in [0.29, 0.717) is 12.3 Å². The molecule has 0 unspecified atom stereocenters. The largest absolute Gasteiger partial charge is 0.496 e. The molecule has 0 atom stereocenters. The van der Waals surface area contributed by atoms with E-state index in [1.807, 2.05) is 30.3 Å². The predicted molar refractivity (Wildman–Crippen MR) is 95.4 cm³/mol. The summed E-state index contributed by atoms with van der Waals surface area (Å²) in [6.45, 7) is 0.575. The van der Waals surface area contributed by atoms with Crippen LogP contribution in [0.1, 0.15) is 5.56 Å². The molecule has 0 aliphatic heterocycles. The molecule has 6 heteroatoms. The quantitative estimate of drug-likeness (QED) is 0.635. The fourth-order valence-corrected chi connectivity index (χ4v) is 3.08. The van der Waals surface area contributed by atoms with E-state index in [9.17, 15) is 0 Å². The van der Waals surface area contributed by atoms with Crippen LogP contribution in [-0.4, -0.2) is 13.7 Å². The van der Waals surface area contributed by atoms with Crippen molar-refractivity contribution in [2.45, 2.75) is 6.42 Å². The summed E-state index contributed by atoms with van der Waals surface area (Å²) in [5.41, 5.74) is 6.72. The molecule has 0 spiro atoms. The zero-order chi connectivity index (χ0) is 15.4. The lowest BCUT2D eigenvalue weighted by Gasteiger charge is -2.14. The average Bonchev–Trinajstić information content (AvgIpc) is 2.45. The van der Waals surface area contributed by atoms with Crippen LogP contribution >= 0.6 is 47.8 Å². The lowest BCUT2D eigenvalue weighted by Crippen LogP contribution is -2.04. The Morgan fingerprint density at radius 2 is 1.62 bits per heavy atom. The van der Waals surface area contributed by atoms with E-state index in [2.05, 4.69) is 47.8 Å². The normalized spacial score (nSPS) is 10.5. The Morgan fingerprint density at radius 1 is 0.952 bits per heavy atom. The fraction of sp³-hybridized carbons (Fsp3) is 0.200. The zero-order valence-electron chi connectivity index (χ0n) is 11.3. The molecule has 2 aromatic rings. The van der Waals surface area contributed by atoms with E-state index in [4.69, 9.17) is 15.2 Å². The van der Waals surface area contributed by atoms with Crippen molar-refractivity contribution in [3.05, 3.63) is 49.3 Å². The lowest BCUT2D eigenvalue weighted by atomic mass is 10.1. The van der Waals surface area contributed by atoms with Crippen molar-refractivity contribution in [2.24, 2.45) is 5.73 Å². The van der Waals surface area contributed by atoms with Crippen LogP contribution in [-0.2, 0) is 6.42 Å². The van der Waals surface area contributed by atoms with Crippen LogP contribution < -0.4 is 15.2 Å². The first-order valence-electron chi connectivity index (χ1n) is 6.24. The smallest absolute Gasteiger partial charge is 0.143 e. The van der Waals surface area contributed by atoms with Crippen molar-refractivity contribution in [2.75, 3.05) is 13.7 Å². The number of rotatable bonds is 5. The van der Waals surface area contributed by atoms with Crippen LogP contribution in [0.25, 0.3) is 0 Å². The first-order valence-corrected chi connectivity index (χ1v) is 8.62. The molecule has 2 aromatic carbocycles. The monoisotopic (exact) mass is 477 g/mol. The maximum absolute atomic E-state index is 6.04. The average molecular weight is 480 g/mol. The molecule has 0 aliphatic carbocycles. The summed E-state index contributed by atoms with van der Waals surface area (Å²) >= 11 is 10.4. The summed E-state index contributed by atoms with van der Waals surface area (Å²) in [7, 11) is 1.63. The highest BCUT2D eigenvalue weighted by Crippen LogP contribution is 2.39. The van der Waals surface area contributed by atoms with Crippen LogP contribution in [0.5, 0.6) is 17.2 Å². The first kappa shape index (κ1) is 16.8. The van der Waals surface area contributed by atoms with Crippen molar-refractivity contribution >= 4 is 47.8 Å². The number of nitrogens with two attached hydrogens (primary N) is 1. The number of ether oxygens (including phenoxy) is 2. The summed E-state index contributed by atoms with van der Waals surface area (Å²) in [4.78, 5) is 0. The third-order valence-corrected chi connectivity index (χ3v) is 4.60. The Hall–Kier alpha value is -0.560. The van der Waals surface area contributed by atoms with E-state index in [1.54, 1.807) is 7.11 Å². The molecule has 0 bridgehead atoms. The van der Waals surface area contributed by atoms with Gasteiger partial charge in [-0.05, 0) is 74.7 Å². The van der Waals surface area contributed by atoms with Crippen LogP contribution in [0.3, 0.4) is 0 Å². The minimum Gasteiger partial charge on any atom is -0.496 e. The van der Waals surface area contributed by atoms with Gasteiger partial charge in [-0.3, -0.25) is 0 Å². The van der Waals surface area contributed by atoms with E-state index >= 15 is 0 Å². The van der Waals surface area contributed by atoms with Gasteiger partial charge in [-0.1, -0.05) is 22.0 Å². The fourth-order valence-electron chi connectivity index (χ4n) is 1.85. The topological polar surface area (TPSA) is 44.5 Å². The zero-order valence-corrected chi connectivity index (χ0v) is 16.1. The molecule has 2 rings (SSSR count). The number of halogens is 3. The molecule has 2 N–H and O–H groups in total. The summed E-state index contributed by atoms with van der Waals surface area (Å²) < 4.78 is 13.9. The Morgan fingerprint density at radius 3 is 2.29 bits per heavy atom. The molecule has 0 aliphatic rings. The Kier molecular flexibility index (Phi) is 6.10. The highest BCUT2D eigenvalue weighted by atomic mass is 79.9. The van der Waals surface area contributed by atoms with Gasteiger partial charge in [-0.25, -0.2) is 0 Å². The number of hydrogen-bond acceptors (Lipinski definition) is 3. The second-order valence-electron chi connectivity index (χ2n) is 4.31. The van der Waals surface area contributed by atoms with Crippen molar-refractivity contribution < 1.29 is 9.47 Å². The van der Waals surface area contributed by atoms with Crippen molar-refractivity contribution in [3.63, 3.8) is 0 Å². The molecule has 0 aromatic heterocycles. The lowest BCUT2D eigenvalue weighted by molar-refractivity contribution is 0.409. The summed E-state index contributed by atoms with van der Waals surface area (Å²) in [6, 6.07) is 9.67. The molecule has 0 amide bonds. The molecule has 0 saturated heterocycles. The van der Waals surface area contributed by atoms with Crippen LogP contribution in [0.4, 0.5) is 0 Å². The Bertz CT molecular complexity index is 647. The molecular formula is C15H14Br3NO2. The van der Waals surface area contributed by atoms with Gasteiger partial charge in [0.05, 0.1) is 16.1 Å². The molecule has 0 saturated carbocycles. The minimum atomic E-state index is 0.575. The molecular weight excluding hydrogens is 466 g/mol. The van der Waals surface area contributed by atoms with Crippen molar-refractivity contribution in [1.29, 1.82) is 0 Å². The SMILES string of the molecule is COc1cc(Br)c(Oc2cc(Br)ccc2CCN)cc1Br. The maximum Gasteiger partial charge on any atom is 0.143 e. The molecule has 112 valence electrons. The second-order valence-corrected chi connectivity index (χ2v) is 6.93. The molecule has 3 nitrogen and oxygen atoms in total. The van der Waals surface area contributed by atoms with Gasteiger partial charge in [-0.2, -0.15) is 0 Å². The third kappa shape index (κ3) is 4.22. The summed E-state index contributed by atoms with van der Waals surface area (Å²) in [5, 5.41) is 0. The Labute approximate surface area is 149 Å². The first-order chi connectivity index (χ1) is 10.0. The van der Waals surface area contributed by atoms with E-state index in [-0.39, 0.29) is 0 Å². The van der Waals surface area contributed by atoms with Gasteiger partial charge in [0.2, 0.25) is 0 Å².